The van der Waals surface area contributed by atoms with Gasteiger partial charge in [0.1, 0.15) is 22.4 Å². The van der Waals surface area contributed by atoms with Crippen LogP contribution in [0.25, 0.3) is 0 Å². The third kappa shape index (κ3) is 3.39. The summed E-state index contributed by atoms with van der Waals surface area (Å²) in [6, 6.07) is 8.17. The second kappa shape index (κ2) is 6.56. The van der Waals surface area contributed by atoms with Gasteiger partial charge in [0.15, 0.2) is 0 Å². The molecule has 20 heavy (non-hydrogen) atoms. The Morgan fingerprint density at radius 2 is 1.75 bits per heavy atom. The third-order valence-corrected chi connectivity index (χ3v) is 3.53. The standard InChI is InChI=1S/C14H18BrN5/c1-4-16-13-12(15)14(18-9-17-13)19-10-5-7-11(8-6-10)20(2)3/h5-9H,4H2,1-3H3,(H2,16,17,18,19). The van der Waals surface area contributed by atoms with Gasteiger partial charge in [-0.15, -0.1) is 0 Å². The minimum Gasteiger partial charge on any atom is -0.378 e. The summed E-state index contributed by atoms with van der Waals surface area (Å²) in [6.45, 7) is 2.84. The molecule has 1 aromatic carbocycles. The van der Waals surface area contributed by atoms with Gasteiger partial charge >= 0.3 is 0 Å². The van der Waals surface area contributed by atoms with E-state index in [2.05, 4.69) is 53.6 Å². The first-order valence-electron chi connectivity index (χ1n) is 6.40. The maximum absolute atomic E-state index is 4.25. The maximum atomic E-state index is 4.25. The van der Waals surface area contributed by atoms with Gasteiger partial charge in [0.25, 0.3) is 0 Å². The molecule has 0 aliphatic heterocycles. The molecule has 0 saturated heterocycles. The zero-order valence-corrected chi connectivity index (χ0v) is 13.4. The van der Waals surface area contributed by atoms with Crippen molar-refractivity contribution in [3.05, 3.63) is 35.1 Å². The number of halogens is 1. The Hall–Kier alpha value is -1.82. The largest absolute Gasteiger partial charge is 0.378 e. The average Bonchev–Trinajstić information content (AvgIpc) is 2.44. The first kappa shape index (κ1) is 14.6. The molecule has 0 aliphatic carbocycles. The van der Waals surface area contributed by atoms with Gasteiger partial charge in [-0.3, -0.25) is 0 Å². The van der Waals surface area contributed by atoms with Crippen LogP contribution in [0.5, 0.6) is 0 Å². The van der Waals surface area contributed by atoms with Gasteiger partial charge in [0.05, 0.1) is 0 Å². The lowest BCUT2D eigenvalue weighted by atomic mass is 10.2. The van der Waals surface area contributed by atoms with Gasteiger partial charge in [0.2, 0.25) is 0 Å². The highest BCUT2D eigenvalue weighted by atomic mass is 79.9. The topological polar surface area (TPSA) is 53.1 Å². The van der Waals surface area contributed by atoms with Gasteiger partial charge in [-0.05, 0) is 47.1 Å². The zero-order valence-electron chi connectivity index (χ0n) is 11.8. The molecule has 2 rings (SSSR count). The molecule has 1 heterocycles. The number of nitrogens with zero attached hydrogens (tertiary/aromatic N) is 3. The molecule has 0 radical (unpaired) electrons. The number of hydrogen-bond donors (Lipinski definition) is 2. The predicted molar refractivity (Wildman–Crippen MR) is 87.9 cm³/mol. The van der Waals surface area contributed by atoms with E-state index in [9.17, 15) is 0 Å². The summed E-state index contributed by atoms with van der Waals surface area (Å²) in [5, 5.41) is 6.46. The lowest BCUT2D eigenvalue weighted by molar-refractivity contribution is 1.10. The Bertz CT molecular complexity index is 568. The van der Waals surface area contributed by atoms with Crippen molar-refractivity contribution < 1.29 is 0 Å². The van der Waals surface area contributed by atoms with Gasteiger partial charge in [0, 0.05) is 32.0 Å². The molecule has 0 fully saturated rings. The minimum atomic E-state index is 0.744. The number of hydrogen-bond acceptors (Lipinski definition) is 5. The van der Waals surface area contributed by atoms with E-state index in [0.717, 1.165) is 34.0 Å². The molecule has 0 atom stereocenters. The van der Waals surface area contributed by atoms with Crippen LogP contribution in [0.3, 0.4) is 0 Å². The molecular formula is C14H18BrN5. The van der Waals surface area contributed by atoms with Crippen LogP contribution >= 0.6 is 15.9 Å². The zero-order chi connectivity index (χ0) is 14.5. The molecule has 0 spiro atoms. The number of rotatable bonds is 5. The van der Waals surface area contributed by atoms with Crippen LogP contribution in [0.4, 0.5) is 23.0 Å². The number of benzene rings is 1. The van der Waals surface area contributed by atoms with E-state index < -0.39 is 0 Å². The van der Waals surface area contributed by atoms with Crippen molar-refractivity contribution in [2.24, 2.45) is 0 Å². The Balaban J connectivity index is 2.19. The van der Waals surface area contributed by atoms with E-state index in [0.29, 0.717) is 0 Å². The van der Waals surface area contributed by atoms with Crippen LogP contribution in [-0.4, -0.2) is 30.6 Å². The van der Waals surface area contributed by atoms with Crippen LogP contribution in [-0.2, 0) is 0 Å². The van der Waals surface area contributed by atoms with Crippen LogP contribution in [0, 0.1) is 0 Å². The Labute approximate surface area is 127 Å². The first-order chi connectivity index (χ1) is 9.61. The number of aromatic nitrogens is 2. The summed E-state index contributed by atoms with van der Waals surface area (Å²) >= 11 is 3.52. The van der Waals surface area contributed by atoms with Crippen molar-refractivity contribution in [2.45, 2.75) is 6.92 Å². The van der Waals surface area contributed by atoms with E-state index in [-0.39, 0.29) is 0 Å². The molecule has 2 N–H and O–H groups in total. The molecular weight excluding hydrogens is 318 g/mol. The van der Waals surface area contributed by atoms with E-state index in [1.54, 1.807) is 6.33 Å². The summed E-state index contributed by atoms with van der Waals surface area (Å²) in [5.41, 5.74) is 2.14. The van der Waals surface area contributed by atoms with Crippen molar-refractivity contribution in [3.8, 4) is 0 Å². The highest BCUT2D eigenvalue weighted by molar-refractivity contribution is 9.10. The molecule has 1 aromatic heterocycles. The van der Waals surface area contributed by atoms with E-state index in [1.165, 1.54) is 0 Å². The van der Waals surface area contributed by atoms with E-state index >= 15 is 0 Å². The highest BCUT2D eigenvalue weighted by Gasteiger charge is 2.08. The fraction of sp³-hybridized carbons (Fsp3) is 0.286. The fourth-order valence-corrected chi connectivity index (χ4v) is 2.17. The Kier molecular flexibility index (Phi) is 4.79. The molecule has 0 saturated carbocycles. The summed E-state index contributed by atoms with van der Waals surface area (Å²) in [6.07, 6.45) is 1.54. The maximum Gasteiger partial charge on any atom is 0.150 e. The smallest absolute Gasteiger partial charge is 0.150 e. The predicted octanol–water partition coefficient (Wildman–Crippen LogP) is 3.48. The van der Waals surface area contributed by atoms with E-state index in [1.807, 2.05) is 33.2 Å². The lowest BCUT2D eigenvalue weighted by Crippen LogP contribution is -2.08. The highest BCUT2D eigenvalue weighted by Crippen LogP contribution is 2.29. The summed E-state index contributed by atoms with van der Waals surface area (Å²) in [7, 11) is 4.04. The van der Waals surface area contributed by atoms with Gasteiger partial charge < -0.3 is 15.5 Å². The fourth-order valence-electron chi connectivity index (χ4n) is 1.73. The normalized spacial score (nSPS) is 10.2. The second-order valence-electron chi connectivity index (χ2n) is 4.48. The Morgan fingerprint density at radius 1 is 1.10 bits per heavy atom. The summed E-state index contributed by atoms with van der Waals surface area (Å²) in [4.78, 5) is 10.5. The van der Waals surface area contributed by atoms with Crippen LogP contribution < -0.4 is 15.5 Å². The van der Waals surface area contributed by atoms with Crippen molar-refractivity contribution in [2.75, 3.05) is 36.2 Å². The summed E-state index contributed by atoms with van der Waals surface area (Å²) in [5.74, 6) is 1.53. The molecule has 0 aliphatic rings. The molecule has 0 unspecified atom stereocenters. The van der Waals surface area contributed by atoms with Gasteiger partial charge in [-0.25, -0.2) is 9.97 Å². The van der Waals surface area contributed by atoms with Crippen molar-refractivity contribution >= 4 is 38.9 Å². The number of nitrogens with one attached hydrogen (secondary N) is 2. The SMILES string of the molecule is CCNc1ncnc(Nc2ccc(N(C)C)cc2)c1Br. The van der Waals surface area contributed by atoms with E-state index in [4.69, 9.17) is 0 Å². The van der Waals surface area contributed by atoms with Crippen LogP contribution in [0.15, 0.2) is 35.1 Å². The minimum absolute atomic E-state index is 0.744. The van der Waals surface area contributed by atoms with Crippen LogP contribution in [0.1, 0.15) is 6.92 Å². The molecule has 0 bridgehead atoms. The van der Waals surface area contributed by atoms with Gasteiger partial charge in [-0.2, -0.15) is 0 Å². The van der Waals surface area contributed by atoms with Crippen LogP contribution in [0.2, 0.25) is 0 Å². The monoisotopic (exact) mass is 335 g/mol. The second-order valence-corrected chi connectivity index (χ2v) is 5.27. The average molecular weight is 336 g/mol. The molecule has 0 amide bonds. The number of anilines is 4. The summed E-state index contributed by atoms with van der Waals surface area (Å²) < 4.78 is 0.832. The Morgan fingerprint density at radius 3 is 2.35 bits per heavy atom. The van der Waals surface area contributed by atoms with Crippen molar-refractivity contribution in [1.29, 1.82) is 0 Å². The first-order valence-corrected chi connectivity index (χ1v) is 7.20. The third-order valence-electron chi connectivity index (χ3n) is 2.78. The molecule has 6 heteroatoms. The van der Waals surface area contributed by atoms with Crippen molar-refractivity contribution in [1.82, 2.24) is 9.97 Å². The molecule has 5 nitrogen and oxygen atoms in total. The molecule has 106 valence electrons. The van der Waals surface area contributed by atoms with Gasteiger partial charge in [-0.1, -0.05) is 0 Å². The molecule has 2 aromatic rings. The lowest BCUT2D eigenvalue weighted by Gasteiger charge is -2.14. The van der Waals surface area contributed by atoms with Crippen molar-refractivity contribution in [3.63, 3.8) is 0 Å². The quantitative estimate of drug-likeness (QED) is 0.876.